The molecule has 0 unspecified atom stereocenters. The number of aromatic nitrogens is 2. The van der Waals surface area contributed by atoms with Crippen LogP contribution in [0.15, 0.2) is 59.4 Å². The van der Waals surface area contributed by atoms with Gasteiger partial charge >= 0.3 is 0 Å². The minimum atomic E-state index is -0.191. The molecular formula is C18H16ClN3O2. The number of hydrogen-bond acceptors (Lipinski definition) is 4. The Morgan fingerprint density at radius 1 is 1.25 bits per heavy atom. The Labute approximate surface area is 144 Å². The summed E-state index contributed by atoms with van der Waals surface area (Å²) in [4.78, 5) is 18.4. The van der Waals surface area contributed by atoms with Gasteiger partial charge in [0, 0.05) is 37.1 Å². The highest BCUT2D eigenvalue weighted by atomic mass is 35.5. The summed E-state index contributed by atoms with van der Waals surface area (Å²) in [5.74, 6) is 0.282. The summed E-state index contributed by atoms with van der Waals surface area (Å²) >= 11 is 6.15. The Morgan fingerprint density at radius 2 is 2.08 bits per heavy atom. The van der Waals surface area contributed by atoms with E-state index in [9.17, 15) is 4.79 Å². The largest absolute Gasteiger partial charge is 0.355 e. The van der Waals surface area contributed by atoms with E-state index in [4.69, 9.17) is 16.1 Å². The number of benzene rings is 1. The van der Waals surface area contributed by atoms with E-state index in [0.29, 0.717) is 29.4 Å². The van der Waals surface area contributed by atoms with Gasteiger partial charge in [0.1, 0.15) is 0 Å². The predicted octanol–water partition coefficient (Wildman–Crippen LogP) is 4.05. The minimum Gasteiger partial charge on any atom is -0.355 e. The summed E-state index contributed by atoms with van der Waals surface area (Å²) in [6, 6.07) is 12.7. The van der Waals surface area contributed by atoms with E-state index in [-0.39, 0.29) is 11.6 Å². The molecule has 2 aromatic heterocycles. The van der Waals surface area contributed by atoms with Gasteiger partial charge in [-0.1, -0.05) is 35.0 Å². The second-order valence-electron chi connectivity index (χ2n) is 5.24. The fraction of sp³-hybridized carbons (Fsp3) is 0.167. The van der Waals surface area contributed by atoms with Gasteiger partial charge < -0.3 is 9.42 Å². The molecule has 5 nitrogen and oxygen atoms in total. The van der Waals surface area contributed by atoms with Crippen LogP contribution in [-0.4, -0.2) is 27.5 Å². The fourth-order valence-corrected chi connectivity index (χ4v) is 2.59. The monoisotopic (exact) mass is 341 g/mol. The molecule has 6 heteroatoms. The second kappa shape index (κ2) is 7.27. The first-order chi connectivity index (χ1) is 11.7. The van der Waals surface area contributed by atoms with Crippen LogP contribution < -0.4 is 0 Å². The number of rotatable bonds is 5. The lowest BCUT2D eigenvalue weighted by Gasteiger charge is -2.19. The number of nitrogens with zero attached hydrogens (tertiary/aromatic N) is 3. The van der Waals surface area contributed by atoms with Crippen LogP contribution in [0.1, 0.15) is 23.0 Å². The van der Waals surface area contributed by atoms with E-state index in [1.165, 1.54) is 0 Å². The number of carbonyl (C=O) groups excluding carboxylic acids is 1. The molecule has 1 aromatic carbocycles. The molecule has 2 heterocycles. The molecule has 3 aromatic rings. The lowest BCUT2D eigenvalue weighted by Crippen LogP contribution is -2.30. The SMILES string of the molecule is CCN(Cc1cccnc1)C(=O)c1cc(-c2ccccc2Cl)on1. The van der Waals surface area contributed by atoms with Crippen molar-refractivity contribution in [3.05, 3.63) is 71.1 Å². The van der Waals surface area contributed by atoms with Gasteiger partial charge in [0.2, 0.25) is 0 Å². The highest BCUT2D eigenvalue weighted by molar-refractivity contribution is 6.33. The van der Waals surface area contributed by atoms with Crippen molar-refractivity contribution < 1.29 is 9.32 Å². The predicted molar refractivity (Wildman–Crippen MR) is 91.6 cm³/mol. The zero-order valence-corrected chi connectivity index (χ0v) is 13.9. The minimum absolute atomic E-state index is 0.191. The van der Waals surface area contributed by atoms with Crippen LogP contribution in [0.25, 0.3) is 11.3 Å². The molecule has 0 saturated heterocycles. The van der Waals surface area contributed by atoms with Crippen LogP contribution in [0, 0.1) is 0 Å². The van der Waals surface area contributed by atoms with E-state index < -0.39 is 0 Å². The van der Waals surface area contributed by atoms with E-state index in [1.54, 1.807) is 29.4 Å². The molecule has 0 fully saturated rings. The average molecular weight is 342 g/mol. The molecule has 122 valence electrons. The summed E-state index contributed by atoms with van der Waals surface area (Å²) in [6.45, 7) is 2.95. The quantitative estimate of drug-likeness (QED) is 0.702. The summed E-state index contributed by atoms with van der Waals surface area (Å²) in [5, 5.41) is 4.45. The maximum Gasteiger partial charge on any atom is 0.276 e. The third kappa shape index (κ3) is 3.46. The fourth-order valence-electron chi connectivity index (χ4n) is 2.37. The van der Waals surface area contributed by atoms with Crippen LogP contribution in [0.3, 0.4) is 0 Å². The normalized spacial score (nSPS) is 10.6. The second-order valence-corrected chi connectivity index (χ2v) is 5.64. The standard InChI is InChI=1S/C18H16ClN3O2/c1-2-22(12-13-6-5-9-20-11-13)18(23)16-10-17(24-21-16)14-7-3-4-8-15(14)19/h3-11H,2,12H2,1H3. The third-order valence-electron chi connectivity index (χ3n) is 3.63. The number of carbonyl (C=O) groups is 1. The van der Waals surface area contributed by atoms with Gasteiger partial charge in [-0.2, -0.15) is 0 Å². The Morgan fingerprint density at radius 3 is 2.79 bits per heavy atom. The molecule has 0 radical (unpaired) electrons. The number of hydrogen-bond donors (Lipinski definition) is 0. The Kier molecular flexibility index (Phi) is 4.91. The van der Waals surface area contributed by atoms with Crippen molar-refractivity contribution in [2.75, 3.05) is 6.54 Å². The van der Waals surface area contributed by atoms with Crippen molar-refractivity contribution in [2.24, 2.45) is 0 Å². The molecule has 0 saturated carbocycles. The summed E-state index contributed by atoms with van der Waals surface area (Å²) in [7, 11) is 0. The lowest BCUT2D eigenvalue weighted by atomic mass is 10.1. The van der Waals surface area contributed by atoms with Gasteiger partial charge in [-0.25, -0.2) is 0 Å². The van der Waals surface area contributed by atoms with Crippen molar-refractivity contribution in [3.8, 4) is 11.3 Å². The molecule has 0 N–H and O–H groups in total. The Hall–Kier alpha value is -2.66. The van der Waals surface area contributed by atoms with Crippen LogP contribution in [0.2, 0.25) is 5.02 Å². The van der Waals surface area contributed by atoms with Crippen molar-refractivity contribution in [2.45, 2.75) is 13.5 Å². The number of pyridine rings is 1. The maximum absolute atomic E-state index is 12.7. The lowest BCUT2D eigenvalue weighted by molar-refractivity contribution is 0.0742. The van der Waals surface area contributed by atoms with Crippen LogP contribution in [0.4, 0.5) is 0 Å². The van der Waals surface area contributed by atoms with Gasteiger partial charge in [0.25, 0.3) is 5.91 Å². The van der Waals surface area contributed by atoms with E-state index in [1.807, 2.05) is 37.3 Å². The van der Waals surface area contributed by atoms with Gasteiger partial charge in [-0.3, -0.25) is 9.78 Å². The van der Waals surface area contributed by atoms with Crippen molar-refractivity contribution in [1.82, 2.24) is 15.0 Å². The molecule has 0 aliphatic heterocycles. The van der Waals surface area contributed by atoms with Crippen LogP contribution in [-0.2, 0) is 6.54 Å². The summed E-state index contributed by atoms with van der Waals surface area (Å²) in [6.07, 6.45) is 3.45. The zero-order valence-electron chi connectivity index (χ0n) is 13.1. The van der Waals surface area contributed by atoms with Gasteiger partial charge in [0.15, 0.2) is 11.5 Å². The number of amides is 1. The average Bonchev–Trinajstić information content (AvgIpc) is 3.10. The topological polar surface area (TPSA) is 59.2 Å². The van der Waals surface area contributed by atoms with Crippen molar-refractivity contribution in [1.29, 1.82) is 0 Å². The molecule has 0 aliphatic rings. The van der Waals surface area contributed by atoms with E-state index >= 15 is 0 Å². The van der Waals surface area contributed by atoms with Crippen LogP contribution >= 0.6 is 11.6 Å². The molecule has 0 atom stereocenters. The first-order valence-electron chi connectivity index (χ1n) is 7.59. The molecule has 0 aliphatic carbocycles. The molecule has 24 heavy (non-hydrogen) atoms. The van der Waals surface area contributed by atoms with Crippen molar-refractivity contribution >= 4 is 17.5 Å². The first kappa shape index (κ1) is 16.2. The number of halogens is 1. The van der Waals surface area contributed by atoms with E-state index in [2.05, 4.69) is 10.1 Å². The molecule has 3 rings (SSSR count). The van der Waals surface area contributed by atoms with Crippen molar-refractivity contribution in [3.63, 3.8) is 0 Å². The summed E-state index contributed by atoms with van der Waals surface area (Å²) in [5.41, 5.74) is 1.93. The first-order valence-corrected chi connectivity index (χ1v) is 7.96. The molecule has 0 bridgehead atoms. The molecule has 0 spiro atoms. The highest BCUT2D eigenvalue weighted by Gasteiger charge is 2.20. The Bertz CT molecular complexity index is 833. The van der Waals surface area contributed by atoms with Gasteiger partial charge in [-0.15, -0.1) is 0 Å². The smallest absolute Gasteiger partial charge is 0.276 e. The third-order valence-corrected chi connectivity index (χ3v) is 3.96. The Balaban J connectivity index is 1.81. The van der Waals surface area contributed by atoms with Gasteiger partial charge in [-0.05, 0) is 30.7 Å². The zero-order chi connectivity index (χ0) is 16.9. The molecular weight excluding hydrogens is 326 g/mol. The molecule has 1 amide bonds. The van der Waals surface area contributed by atoms with Gasteiger partial charge in [0.05, 0.1) is 5.02 Å². The highest BCUT2D eigenvalue weighted by Crippen LogP contribution is 2.28. The van der Waals surface area contributed by atoms with E-state index in [0.717, 1.165) is 5.56 Å². The maximum atomic E-state index is 12.7. The van der Waals surface area contributed by atoms with Crippen LogP contribution in [0.5, 0.6) is 0 Å². The summed E-state index contributed by atoms with van der Waals surface area (Å²) < 4.78 is 5.30.